The Balaban J connectivity index is 1.21. The Bertz CT molecular complexity index is 1470. The van der Waals surface area contributed by atoms with Crippen LogP contribution in [0.1, 0.15) is 35.3 Å². The van der Waals surface area contributed by atoms with Crippen LogP contribution < -0.4 is 25.4 Å². The summed E-state index contributed by atoms with van der Waals surface area (Å²) in [6.45, 7) is 8.36. The van der Waals surface area contributed by atoms with Crippen LogP contribution in [0.25, 0.3) is 0 Å². The van der Waals surface area contributed by atoms with E-state index in [1.54, 1.807) is 35.2 Å². The van der Waals surface area contributed by atoms with Gasteiger partial charge in [-0.3, -0.25) is 5.01 Å². The molecular weight excluding hydrogens is 553 g/mol. The Labute approximate surface area is 240 Å². The van der Waals surface area contributed by atoms with E-state index in [0.717, 1.165) is 28.1 Å². The molecule has 0 aliphatic carbocycles. The van der Waals surface area contributed by atoms with E-state index < -0.39 is 18.6 Å². The van der Waals surface area contributed by atoms with Gasteiger partial charge in [0.1, 0.15) is 18.3 Å². The van der Waals surface area contributed by atoms with Gasteiger partial charge in [0, 0.05) is 23.2 Å². The zero-order valence-electron chi connectivity index (χ0n) is 22.9. The van der Waals surface area contributed by atoms with Gasteiger partial charge in [0.25, 0.3) is 0 Å². The minimum absolute atomic E-state index is 0.205. The molecule has 0 aromatic heterocycles. The molecule has 0 bridgehead atoms. The number of nitrogens with zero attached hydrogens (tertiary/aromatic N) is 4. The number of aryl methyl sites for hydroxylation is 3. The van der Waals surface area contributed by atoms with Crippen LogP contribution in [-0.4, -0.2) is 35.7 Å². The maximum Gasteiger partial charge on any atom is 0.573 e. The normalized spacial score (nSPS) is 19.7. The molecule has 3 aromatic carbocycles. The molecule has 41 heavy (non-hydrogen) atoms. The smallest absolute Gasteiger partial charge is 0.406 e. The van der Waals surface area contributed by atoms with E-state index in [2.05, 4.69) is 70.2 Å². The fourth-order valence-corrected chi connectivity index (χ4v) is 6.01. The molecule has 2 aliphatic rings. The van der Waals surface area contributed by atoms with Crippen LogP contribution in [-0.2, 0) is 0 Å². The highest BCUT2D eigenvalue weighted by Gasteiger charge is 2.32. The second kappa shape index (κ2) is 11.5. The fourth-order valence-electron chi connectivity index (χ4n) is 4.91. The summed E-state index contributed by atoms with van der Waals surface area (Å²) in [5.41, 5.74) is 9.77. The van der Waals surface area contributed by atoms with Crippen molar-refractivity contribution in [1.82, 2.24) is 5.43 Å². The highest BCUT2D eigenvalue weighted by Crippen LogP contribution is 2.35. The molecule has 0 spiro atoms. The number of thioether (sulfide) groups is 1. The molecular formula is C29H29F3N6O2S. The molecule has 1 saturated heterocycles. The van der Waals surface area contributed by atoms with Gasteiger partial charge >= 0.3 is 12.4 Å². The van der Waals surface area contributed by atoms with Crippen LogP contribution in [0, 0.1) is 20.8 Å². The first-order valence-corrected chi connectivity index (χ1v) is 13.9. The van der Waals surface area contributed by atoms with Gasteiger partial charge in [0.2, 0.25) is 0 Å². The number of hydrogen-bond acceptors (Lipinski definition) is 6. The van der Waals surface area contributed by atoms with Crippen molar-refractivity contribution in [3.63, 3.8) is 0 Å². The van der Waals surface area contributed by atoms with Crippen LogP contribution in [0.5, 0.6) is 5.75 Å². The van der Waals surface area contributed by atoms with Crippen molar-refractivity contribution in [2.75, 3.05) is 21.0 Å². The molecule has 2 atom stereocenters. The number of amidine groups is 1. The Morgan fingerprint density at radius 1 is 1.07 bits per heavy atom. The monoisotopic (exact) mass is 582 g/mol. The molecule has 8 nitrogen and oxygen atoms in total. The van der Waals surface area contributed by atoms with Crippen LogP contribution in [0.2, 0.25) is 0 Å². The first-order valence-electron chi connectivity index (χ1n) is 12.9. The van der Waals surface area contributed by atoms with E-state index in [0.29, 0.717) is 16.5 Å². The zero-order valence-corrected chi connectivity index (χ0v) is 23.7. The number of amides is 2. The number of urea groups is 1. The largest absolute Gasteiger partial charge is 0.573 e. The number of nitrogens with one attached hydrogen (secondary N) is 2. The molecule has 2 unspecified atom stereocenters. The zero-order chi connectivity index (χ0) is 29.3. The number of rotatable bonds is 5. The van der Waals surface area contributed by atoms with Crippen molar-refractivity contribution in [2.45, 2.75) is 46.3 Å². The average molecular weight is 583 g/mol. The topological polar surface area (TPSA) is 81.6 Å². The SMILES string of the molecule is Cc1cc(C)c(N2/C(=N/C(=O)Nc3ccc(C4N=CN(c5ccc(OC(F)(F)F)cc5)N4)cc3)SCC2C)c(C)c1. The highest BCUT2D eigenvalue weighted by atomic mass is 32.2. The van der Waals surface area contributed by atoms with Crippen molar-refractivity contribution in [3.8, 4) is 5.75 Å². The summed E-state index contributed by atoms with van der Waals surface area (Å²) in [6.07, 6.45) is -3.59. The summed E-state index contributed by atoms with van der Waals surface area (Å²) in [5, 5.41) is 5.12. The number of alkyl halides is 3. The molecule has 0 saturated carbocycles. The number of aliphatic imine (C=N–C) groups is 2. The van der Waals surface area contributed by atoms with Gasteiger partial charge in [0.15, 0.2) is 5.17 Å². The minimum atomic E-state index is -4.74. The number of halogens is 3. The first-order chi connectivity index (χ1) is 19.5. The first kappa shape index (κ1) is 28.5. The number of ether oxygens (including phenoxy) is 1. The molecule has 2 aliphatic heterocycles. The molecule has 2 heterocycles. The van der Waals surface area contributed by atoms with Gasteiger partial charge in [-0.25, -0.2) is 9.79 Å². The van der Waals surface area contributed by atoms with Crippen molar-refractivity contribution in [2.24, 2.45) is 9.98 Å². The van der Waals surface area contributed by atoms with Gasteiger partial charge in [-0.2, -0.15) is 10.4 Å². The summed E-state index contributed by atoms with van der Waals surface area (Å²) in [6, 6.07) is 16.7. The number of carbonyl (C=O) groups is 1. The van der Waals surface area contributed by atoms with Crippen molar-refractivity contribution in [1.29, 1.82) is 0 Å². The van der Waals surface area contributed by atoms with Gasteiger partial charge < -0.3 is 15.0 Å². The van der Waals surface area contributed by atoms with Crippen molar-refractivity contribution >= 4 is 46.4 Å². The summed E-state index contributed by atoms with van der Waals surface area (Å²) >= 11 is 1.56. The predicted octanol–water partition coefficient (Wildman–Crippen LogP) is 7.09. The van der Waals surface area contributed by atoms with Gasteiger partial charge in [0.05, 0.1) is 5.69 Å². The lowest BCUT2D eigenvalue weighted by Gasteiger charge is -2.27. The maximum absolute atomic E-state index is 12.9. The molecule has 12 heteroatoms. The summed E-state index contributed by atoms with van der Waals surface area (Å²) in [5.74, 6) is 0.538. The third kappa shape index (κ3) is 6.66. The van der Waals surface area contributed by atoms with E-state index in [1.807, 2.05) is 12.1 Å². The lowest BCUT2D eigenvalue weighted by atomic mass is 10.0. The molecule has 2 N–H and O–H groups in total. The van der Waals surface area contributed by atoms with E-state index in [4.69, 9.17) is 0 Å². The Hall–Kier alpha value is -4.03. The molecule has 0 radical (unpaired) electrons. The Morgan fingerprint density at radius 3 is 2.37 bits per heavy atom. The molecule has 1 fully saturated rings. The van der Waals surface area contributed by atoms with Crippen LogP contribution in [0.3, 0.4) is 0 Å². The molecule has 3 aromatic rings. The number of hydrogen-bond donors (Lipinski definition) is 2. The number of anilines is 3. The minimum Gasteiger partial charge on any atom is -0.406 e. The van der Waals surface area contributed by atoms with E-state index >= 15 is 0 Å². The summed E-state index contributed by atoms with van der Waals surface area (Å²) < 4.78 is 41.1. The standard InChI is InChI=1S/C29H29F3N6O2S/c1-17-13-18(2)25(19(3)14-17)38-20(4)15-41-28(38)35-27(39)34-22-7-5-21(6-8-22)26-33-16-37(36-26)23-9-11-24(12-10-23)40-29(30,31)32/h5-14,16,20,26,36H,15H2,1-4H3,(H,34,39)/b35-28-. The third-order valence-corrected chi connectivity index (χ3v) is 7.79. The van der Waals surface area contributed by atoms with E-state index in [1.165, 1.54) is 29.8 Å². The van der Waals surface area contributed by atoms with Gasteiger partial charge in [-0.1, -0.05) is 41.6 Å². The average Bonchev–Trinajstić information content (AvgIpc) is 3.51. The quantitative estimate of drug-likeness (QED) is 0.334. The highest BCUT2D eigenvalue weighted by molar-refractivity contribution is 8.14. The predicted molar refractivity (Wildman–Crippen MR) is 158 cm³/mol. The number of hydrazine groups is 1. The van der Waals surface area contributed by atoms with E-state index in [9.17, 15) is 18.0 Å². The van der Waals surface area contributed by atoms with Crippen molar-refractivity contribution < 1.29 is 22.7 Å². The molecule has 214 valence electrons. The second-order valence-corrected chi connectivity index (χ2v) is 10.9. The molecule has 5 rings (SSSR count). The summed E-state index contributed by atoms with van der Waals surface area (Å²) in [4.78, 5) is 23.8. The number of benzene rings is 3. The second-order valence-electron chi connectivity index (χ2n) is 9.93. The van der Waals surface area contributed by atoms with Gasteiger partial charge in [-0.15, -0.1) is 13.2 Å². The van der Waals surface area contributed by atoms with Crippen LogP contribution >= 0.6 is 11.8 Å². The van der Waals surface area contributed by atoms with Crippen LogP contribution in [0.15, 0.2) is 70.6 Å². The lowest BCUT2D eigenvalue weighted by Crippen LogP contribution is -2.33. The van der Waals surface area contributed by atoms with Gasteiger partial charge in [-0.05, 0) is 80.8 Å². The Morgan fingerprint density at radius 2 is 1.73 bits per heavy atom. The third-order valence-electron chi connectivity index (χ3n) is 6.59. The molecule has 2 amide bonds. The van der Waals surface area contributed by atoms with Crippen LogP contribution in [0.4, 0.5) is 35.0 Å². The number of carbonyl (C=O) groups excluding carboxylic acids is 1. The lowest BCUT2D eigenvalue weighted by molar-refractivity contribution is -0.274. The van der Waals surface area contributed by atoms with Crippen molar-refractivity contribution in [3.05, 3.63) is 82.9 Å². The summed E-state index contributed by atoms with van der Waals surface area (Å²) in [7, 11) is 0. The maximum atomic E-state index is 12.9. The Kier molecular flexibility index (Phi) is 7.96. The fraction of sp³-hybridized carbons (Fsp3) is 0.276. The van der Waals surface area contributed by atoms with E-state index in [-0.39, 0.29) is 11.8 Å².